The van der Waals surface area contributed by atoms with Crippen LogP contribution >= 0.6 is 0 Å². The van der Waals surface area contributed by atoms with Gasteiger partial charge in [-0.1, -0.05) is 30.3 Å². The highest BCUT2D eigenvalue weighted by atomic mass is 16.4. The standard InChI is InChI=1S/C17H22N2O3/c20-16-8-15(17(21)22)12-19(16)11-14-6-7-18(10-14)9-13-4-2-1-3-5-13/h1-5,14-15H,6-12H2,(H,21,22). The van der Waals surface area contributed by atoms with Crippen molar-refractivity contribution in [2.24, 2.45) is 11.8 Å². The summed E-state index contributed by atoms with van der Waals surface area (Å²) in [5, 5.41) is 9.03. The normalized spacial score (nSPS) is 25.8. The van der Waals surface area contributed by atoms with Gasteiger partial charge in [0.05, 0.1) is 5.92 Å². The highest BCUT2D eigenvalue weighted by molar-refractivity contribution is 5.86. The quantitative estimate of drug-likeness (QED) is 0.894. The molecule has 0 aromatic heterocycles. The van der Waals surface area contributed by atoms with E-state index in [9.17, 15) is 9.59 Å². The number of carbonyl (C=O) groups is 2. The summed E-state index contributed by atoms with van der Waals surface area (Å²) in [5.74, 6) is -0.920. The number of nitrogens with zero attached hydrogens (tertiary/aromatic N) is 2. The predicted molar refractivity (Wildman–Crippen MR) is 82.1 cm³/mol. The molecule has 2 saturated heterocycles. The third kappa shape index (κ3) is 3.47. The maximum atomic E-state index is 11.9. The molecule has 2 heterocycles. The van der Waals surface area contributed by atoms with Crippen molar-refractivity contribution in [1.29, 1.82) is 0 Å². The molecule has 2 fully saturated rings. The van der Waals surface area contributed by atoms with Crippen molar-refractivity contribution in [2.45, 2.75) is 19.4 Å². The molecule has 5 nitrogen and oxygen atoms in total. The van der Waals surface area contributed by atoms with Gasteiger partial charge < -0.3 is 10.0 Å². The van der Waals surface area contributed by atoms with Gasteiger partial charge in [0, 0.05) is 32.6 Å². The number of carbonyl (C=O) groups excluding carboxylic acids is 1. The van der Waals surface area contributed by atoms with E-state index in [0.29, 0.717) is 19.0 Å². The molecule has 1 amide bonds. The van der Waals surface area contributed by atoms with Gasteiger partial charge in [-0.2, -0.15) is 0 Å². The van der Waals surface area contributed by atoms with Gasteiger partial charge in [0.25, 0.3) is 0 Å². The van der Waals surface area contributed by atoms with Crippen LogP contribution in [0.2, 0.25) is 0 Å². The fourth-order valence-corrected chi connectivity index (χ4v) is 3.47. The summed E-state index contributed by atoms with van der Waals surface area (Å²) in [4.78, 5) is 27.1. The molecule has 118 valence electrons. The van der Waals surface area contributed by atoms with Crippen LogP contribution in [-0.4, -0.2) is 53.0 Å². The van der Waals surface area contributed by atoms with E-state index in [-0.39, 0.29) is 12.3 Å². The molecule has 1 aromatic carbocycles. The summed E-state index contributed by atoms with van der Waals surface area (Å²) in [7, 11) is 0. The van der Waals surface area contributed by atoms with Crippen LogP contribution < -0.4 is 0 Å². The molecular weight excluding hydrogens is 280 g/mol. The summed E-state index contributed by atoms with van der Waals surface area (Å²) in [6.07, 6.45) is 1.24. The Hall–Kier alpha value is -1.88. The minimum Gasteiger partial charge on any atom is -0.481 e. The van der Waals surface area contributed by atoms with Gasteiger partial charge in [-0.3, -0.25) is 14.5 Å². The van der Waals surface area contributed by atoms with Crippen molar-refractivity contribution < 1.29 is 14.7 Å². The zero-order valence-corrected chi connectivity index (χ0v) is 12.6. The van der Waals surface area contributed by atoms with Crippen LogP contribution in [0, 0.1) is 11.8 Å². The van der Waals surface area contributed by atoms with Crippen LogP contribution in [0.1, 0.15) is 18.4 Å². The zero-order valence-electron chi connectivity index (χ0n) is 12.6. The lowest BCUT2D eigenvalue weighted by Crippen LogP contribution is -2.33. The molecule has 0 saturated carbocycles. The highest BCUT2D eigenvalue weighted by Gasteiger charge is 2.36. The van der Waals surface area contributed by atoms with Gasteiger partial charge >= 0.3 is 5.97 Å². The van der Waals surface area contributed by atoms with E-state index in [4.69, 9.17) is 5.11 Å². The molecule has 0 spiro atoms. The number of carboxylic acids is 1. The average molecular weight is 302 g/mol. The summed E-state index contributed by atoms with van der Waals surface area (Å²) in [6, 6.07) is 10.4. The molecule has 1 aromatic rings. The second kappa shape index (κ2) is 6.48. The van der Waals surface area contributed by atoms with Crippen LogP contribution in [0.25, 0.3) is 0 Å². The monoisotopic (exact) mass is 302 g/mol. The number of amides is 1. The van der Waals surface area contributed by atoms with Crippen LogP contribution in [0.4, 0.5) is 0 Å². The first-order valence-corrected chi connectivity index (χ1v) is 7.88. The van der Waals surface area contributed by atoms with Gasteiger partial charge in [0.15, 0.2) is 0 Å². The van der Waals surface area contributed by atoms with Gasteiger partial charge in [0.1, 0.15) is 0 Å². The lowest BCUT2D eigenvalue weighted by Gasteiger charge is -2.21. The van der Waals surface area contributed by atoms with Gasteiger partial charge in [0.2, 0.25) is 5.91 Å². The maximum absolute atomic E-state index is 11.9. The molecule has 1 N–H and O–H groups in total. The Kier molecular flexibility index (Phi) is 4.43. The van der Waals surface area contributed by atoms with E-state index >= 15 is 0 Å². The number of hydrogen-bond donors (Lipinski definition) is 1. The van der Waals surface area contributed by atoms with Crippen LogP contribution in [0.3, 0.4) is 0 Å². The molecule has 22 heavy (non-hydrogen) atoms. The first-order valence-electron chi connectivity index (χ1n) is 7.88. The van der Waals surface area contributed by atoms with Crippen molar-refractivity contribution in [3.8, 4) is 0 Å². The molecule has 3 rings (SSSR count). The van der Waals surface area contributed by atoms with E-state index in [2.05, 4.69) is 29.2 Å². The van der Waals surface area contributed by atoms with Crippen molar-refractivity contribution in [1.82, 2.24) is 9.80 Å². The van der Waals surface area contributed by atoms with Gasteiger partial charge in [-0.25, -0.2) is 0 Å². The molecule has 0 bridgehead atoms. The molecular formula is C17H22N2O3. The summed E-state index contributed by atoms with van der Waals surface area (Å²) in [5.41, 5.74) is 1.31. The third-order valence-electron chi connectivity index (χ3n) is 4.66. The molecule has 5 heteroatoms. The third-order valence-corrected chi connectivity index (χ3v) is 4.66. The van der Waals surface area contributed by atoms with Gasteiger partial charge in [-0.05, 0) is 24.4 Å². The molecule has 2 aliphatic heterocycles. The maximum Gasteiger partial charge on any atom is 0.308 e. The largest absolute Gasteiger partial charge is 0.481 e. The van der Waals surface area contributed by atoms with Gasteiger partial charge in [-0.15, -0.1) is 0 Å². The second-order valence-corrected chi connectivity index (χ2v) is 6.41. The van der Waals surface area contributed by atoms with E-state index in [1.807, 2.05) is 6.07 Å². The topological polar surface area (TPSA) is 60.9 Å². The molecule has 0 radical (unpaired) electrons. The van der Waals surface area contributed by atoms with Crippen LogP contribution in [0.15, 0.2) is 30.3 Å². The fraction of sp³-hybridized carbons (Fsp3) is 0.529. The zero-order chi connectivity index (χ0) is 15.5. The Labute approximate surface area is 130 Å². The lowest BCUT2D eigenvalue weighted by molar-refractivity contribution is -0.141. The van der Waals surface area contributed by atoms with Crippen LogP contribution in [-0.2, 0) is 16.1 Å². The number of hydrogen-bond acceptors (Lipinski definition) is 3. The molecule has 0 aliphatic carbocycles. The minimum absolute atomic E-state index is 0.00564. The minimum atomic E-state index is -0.854. The van der Waals surface area contributed by atoms with E-state index < -0.39 is 11.9 Å². The predicted octanol–water partition coefficient (Wildman–Crippen LogP) is 1.44. The number of aliphatic carboxylic acids is 1. The van der Waals surface area contributed by atoms with E-state index in [0.717, 1.165) is 26.1 Å². The molecule has 2 atom stereocenters. The van der Waals surface area contributed by atoms with Crippen molar-refractivity contribution in [3.05, 3.63) is 35.9 Å². The Morgan fingerprint density at radius 3 is 2.68 bits per heavy atom. The Bertz CT molecular complexity index is 546. The number of rotatable bonds is 5. The first-order chi connectivity index (χ1) is 10.6. The summed E-state index contributed by atoms with van der Waals surface area (Å²) >= 11 is 0. The molecule has 2 unspecified atom stereocenters. The van der Waals surface area contributed by atoms with E-state index in [1.54, 1.807) is 4.90 Å². The van der Waals surface area contributed by atoms with Crippen molar-refractivity contribution in [2.75, 3.05) is 26.2 Å². The lowest BCUT2D eigenvalue weighted by atomic mass is 10.1. The second-order valence-electron chi connectivity index (χ2n) is 6.41. The summed E-state index contributed by atoms with van der Waals surface area (Å²) in [6.45, 7) is 4.06. The number of carboxylic acid groups (broad SMARTS) is 1. The highest BCUT2D eigenvalue weighted by Crippen LogP contribution is 2.24. The Morgan fingerprint density at radius 2 is 2.00 bits per heavy atom. The number of benzene rings is 1. The van der Waals surface area contributed by atoms with Crippen LogP contribution in [0.5, 0.6) is 0 Å². The molecule has 2 aliphatic rings. The Balaban J connectivity index is 1.49. The first kappa shape index (κ1) is 15.0. The van der Waals surface area contributed by atoms with E-state index in [1.165, 1.54) is 5.56 Å². The fourth-order valence-electron chi connectivity index (χ4n) is 3.47. The smallest absolute Gasteiger partial charge is 0.308 e. The summed E-state index contributed by atoms with van der Waals surface area (Å²) < 4.78 is 0. The van der Waals surface area contributed by atoms with Crippen molar-refractivity contribution >= 4 is 11.9 Å². The average Bonchev–Trinajstić information content (AvgIpc) is 3.08. The van der Waals surface area contributed by atoms with Crippen molar-refractivity contribution in [3.63, 3.8) is 0 Å². The number of likely N-dealkylation sites (tertiary alicyclic amines) is 2. The Morgan fingerprint density at radius 1 is 1.23 bits per heavy atom. The SMILES string of the molecule is O=C(O)C1CC(=O)N(CC2CCN(Cc3ccccc3)C2)C1.